The lowest BCUT2D eigenvalue weighted by atomic mass is 10.1. The number of aromatic nitrogens is 2. The van der Waals surface area contributed by atoms with Gasteiger partial charge in [-0.3, -0.25) is 9.59 Å². The van der Waals surface area contributed by atoms with Crippen molar-refractivity contribution in [3.05, 3.63) is 71.5 Å². The van der Waals surface area contributed by atoms with Gasteiger partial charge in [0.2, 0.25) is 0 Å². The highest BCUT2D eigenvalue weighted by molar-refractivity contribution is 8.03. The van der Waals surface area contributed by atoms with Crippen LogP contribution in [-0.4, -0.2) is 33.3 Å². The van der Waals surface area contributed by atoms with Gasteiger partial charge in [0.15, 0.2) is 20.2 Å². The maximum absolute atomic E-state index is 13.2. The van der Waals surface area contributed by atoms with Gasteiger partial charge in [-0.2, -0.15) is 0 Å². The maximum atomic E-state index is 13.2. The van der Waals surface area contributed by atoms with E-state index >= 15 is 0 Å². The Balaban J connectivity index is 1.50. The molecule has 4 nitrogen and oxygen atoms in total. The Morgan fingerprint density at radius 3 is 2.04 bits per heavy atom. The molecule has 0 saturated heterocycles. The summed E-state index contributed by atoms with van der Waals surface area (Å²) in [7, 11) is 0. The van der Waals surface area contributed by atoms with Gasteiger partial charge < -0.3 is 0 Å². The first-order valence-electron chi connectivity index (χ1n) is 7.58. The highest BCUT2D eigenvalue weighted by atomic mass is 32.2. The van der Waals surface area contributed by atoms with Crippen molar-refractivity contribution in [1.29, 1.82) is 0 Å². The molecule has 1 heterocycles. The van der Waals surface area contributed by atoms with E-state index in [0.29, 0.717) is 19.8 Å². The average Bonchev–Trinajstić information content (AvgIpc) is 3.13. The van der Waals surface area contributed by atoms with Gasteiger partial charge in [-0.05, 0) is 12.1 Å². The van der Waals surface area contributed by atoms with Crippen LogP contribution in [-0.2, 0) is 0 Å². The molecule has 0 N–H and O–H groups in total. The summed E-state index contributed by atoms with van der Waals surface area (Å²) in [6.07, 6.45) is 0. The van der Waals surface area contributed by atoms with Crippen molar-refractivity contribution in [3.8, 4) is 0 Å². The predicted molar refractivity (Wildman–Crippen MR) is 103 cm³/mol. The third-order valence-electron chi connectivity index (χ3n) is 3.28. The minimum absolute atomic E-state index is 0.0290. The third kappa shape index (κ3) is 5.23. The number of thioether (sulfide) groups is 2. The molecular formula is C18H13FN2O2S3. The van der Waals surface area contributed by atoms with Crippen LogP contribution in [0.5, 0.6) is 0 Å². The fraction of sp³-hybridized carbons (Fsp3) is 0.111. The minimum Gasteiger partial charge on any atom is -0.293 e. The highest BCUT2D eigenvalue weighted by Crippen LogP contribution is 2.29. The van der Waals surface area contributed by atoms with Crippen molar-refractivity contribution in [2.45, 2.75) is 8.68 Å². The van der Waals surface area contributed by atoms with Gasteiger partial charge in [-0.15, -0.1) is 10.2 Å². The Bertz CT molecular complexity index is 916. The molecule has 132 valence electrons. The monoisotopic (exact) mass is 404 g/mol. The minimum atomic E-state index is -0.432. The van der Waals surface area contributed by atoms with Crippen LogP contribution < -0.4 is 0 Å². The van der Waals surface area contributed by atoms with Gasteiger partial charge in [0.25, 0.3) is 0 Å². The Morgan fingerprint density at radius 2 is 1.42 bits per heavy atom. The molecule has 0 atom stereocenters. The van der Waals surface area contributed by atoms with Crippen LogP contribution in [0.1, 0.15) is 20.7 Å². The molecule has 0 aliphatic rings. The molecule has 0 aliphatic heterocycles. The largest absolute Gasteiger partial charge is 0.293 e. The molecule has 0 aliphatic carbocycles. The number of carbonyl (C=O) groups excluding carboxylic acids is 2. The summed E-state index contributed by atoms with van der Waals surface area (Å²) in [5.74, 6) is -0.130. The van der Waals surface area contributed by atoms with Crippen LogP contribution in [0.15, 0.2) is 63.3 Å². The number of Topliss-reactive ketones (excluding diaryl/α,β-unsaturated/α-hetero) is 2. The number of halogens is 1. The molecule has 8 heteroatoms. The molecule has 3 aromatic rings. The summed E-state index contributed by atoms with van der Waals surface area (Å²) >= 11 is 3.92. The van der Waals surface area contributed by atoms with Gasteiger partial charge >= 0.3 is 0 Å². The zero-order chi connectivity index (χ0) is 18.4. The van der Waals surface area contributed by atoms with E-state index in [9.17, 15) is 14.0 Å². The second-order valence-corrected chi connectivity index (χ2v) is 8.56. The summed E-state index contributed by atoms with van der Waals surface area (Å²) in [6, 6.07) is 14.7. The van der Waals surface area contributed by atoms with E-state index in [-0.39, 0.29) is 23.1 Å². The van der Waals surface area contributed by atoms with E-state index in [1.165, 1.54) is 53.1 Å². The molecular weight excluding hydrogens is 391 g/mol. The lowest BCUT2D eigenvalue weighted by molar-refractivity contribution is 0.101. The van der Waals surface area contributed by atoms with Crippen molar-refractivity contribution in [2.75, 3.05) is 11.5 Å². The molecule has 0 amide bonds. The zero-order valence-corrected chi connectivity index (χ0v) is 15.9. The number of ketones is 2. The smallest absolute Gasteiger partial charge is 0.175 e. The summed E-state index contributed by atoms with van der Waals surface area (Å²) < 4.78 is 14.5. The van der Waals surface area contributed by atoms with E-state index in [1.54, 1.807) is 18.2 Å². The number of carbonyl (C=O) groups is 2. The first-order valence-corrected chi connectivity index (χ1v) is 10.4. The molecule has 0 unspecified atom stereocenters. The normalized spacial score (nSPS) is 10.7. The third-order valence-corrected chi connectivity index (χ3v) is 6.47. The molecule has 0 spiro atoms. The summed E-state index contributed by atoms with van der Waals surface area (Å²) in [5, 5.41) is 8.06. The summed E-state index contributed by atoms with van der Waals surface area (Å²) in [5.41, 5.74) is 1.00. The Hall–Kier alpha value is -2.03. The first kappa shape index (κ1) is 18.8. The lowest BCUT2D eigenvalue weighted by Gasteiger charge is -1.99. The molecule has 0 fully saturated rings. The molecule has 2 aromatic carbocycles. The van der Waals surface area contributed by atoms with Crippen LogP contribution in [0.2, 0.25) is 0 Å². The zero-order valence-electron chi connectivity index (χ0n) is 13.4. The van der Waals surface area contributed by atoms with Crippen molar-refractivity contribution < 1.29 is 14.0 Å². The molecule has 26 heavy (non-hydrogen) atoms. The second-order valence-electron chi connectivity index (χ2n) is 5.13. The second kappa shape index (κ2) is 9.07. The van der Waals surface area contributed by atoms with E-state index in [1.807, 2.05) is 18.2 Å². The SMILES string of the molecule is O=C(CSc1nnc(SCC(=O)c2cccc(F)c2)s1)c1ccccc1. The average molecular weight is 405 g/mol. The van der Waals surface area contributed by atoms with Crippen LogP contribution in [0.25, 0.3) is 0 Å². The molecule has 0 saturated carbocycles. The van der Waals surface area contributed by atoms with Gasteiger partial charge in [0, 0.05) is 11.1 Å². The Morgan fingerprint density at radius 1 is 0.846 bits per heavy atom. The topological polar surface area (TPSA) is 59.9 Å². The van der Waals surface area contributed by atoms with E-state index in [4.69, 9.17) is 0 Å². The van der Waals surface area contributed by atoms with Crippen molar-refractivity contribution >= 4 is 46.4 Å². The van der Waals surface area contributed by atoms with Crippen molar-refractivity contribution in [2.24, 2.45) is 0 Å². The lowest BCUT2D eigenvalue weighted by Crippen LogP contribution is -2.02. The van der Waals surface area contributed by atoms with Crippen LogP contribution >= 0.6 is 34.9 Å². The molecule has 1 aromatic heterocycles. The number of rotatable bonds is 8. The standard InChI is InChI=1S/C18H13FN2O2S3/c19-14-8-4-7-13(9-14)16(23)11-25-18-21-20-17(26-18)24-10-15(22)12-5-2-1-3-6-12/h1-9H,10-11H2. The maximum Gasteiger partial charge on any atom is 0.175 e. The highest BCUT2D eigenvalue weighted by Gasteiger charge is 2.12. The molecule has 0 bridgehead atoms. The Labute approximate surface area is 162 Å². The van der Waals surface area contributed by atoms with E-state index in [2.05, 4.69) is 10.2 Å². The first-order chi connectivity index (χ1) is 12.6. The van der Waals surface area contributed by atoms with Crippen molar-refractivity contribution in [3.63, 3.8) is 0 Å². The Kier molecular flexibility index (Phi) is 6.54. The number of hydrogen-bond acceptors (Lipinski definition) is 7. The van der Waals surface area contributed by atoms with Crippen LogP contribution in [0.4, 0.5) is 4.39 Å². The predicted octanol–water partition coefficient (Wildman–Crippen LogP) is 4.63. The number of benzene rings is 2. The van der Waals surface area contributed by atoms with Gasteiger partial charge in [-0.1, -0.05) is 77.3 Å². The van der Waals surface area contributed by atoms with E-state index < -0.39 is 5.82 Å². The van der Waals surface area contributed by atoms with Crippen LogP contribution in [0, 0.1) is 5.82 Å². The van der Waals surface area contributed by atoms with Gasteiger partial charge in [-0.25, -0.2) is 4.39 Å². The fourth-order valence-electron chi connectivity index (χ4n) is 2.02. The number of hydrogen-bond donors (Lipinski definition) is 0. The summed E-state index contributed by atoms with van der Waals surface area (Å²) in [6.45, 7) is 0. The van der Waals surface area contributed by atoms with E-state index in [0.717, 1.165) is 0 Å². The fourth-order valence-corrected chi connectivity index (χ4v) is 4.83. The number of nitrogens with zero attached hydrogens (tertiary/aromatic N) is 2. The van der Waals surface area contributed by atoms with Crippen molar-refractivity contribution in [1.82, 2.24) is 10.2 Å². The molecule has 3 rings (SSSR count). The van der Waals surface area contributed by atoms with Gasteiger partial charge in [0.1, 0.15) is 5.82 Å². The van der Waals surface area contributed by atoms with Gasteiger partial charge in [0.05, 0.1) is 11.5 Å². The quantitative estimate of drug-likeness (QED) is 0.403. The van der Waals surface area contributed by atoms with Crippen LogP contribution in [0.3, 0.4) is 0 Å². The summed E-state index contributed by atoms with van der Waals surface area (Å²) in [4.78, 5) is 24.1. The molecule has 0 radical (unpaired) electrons.